The third kappa shape index (κ3) is 3.35. The number of nitrogens with zero attached hydrogens (tertiary/aromatic N) is 3. The van der Waals surface area contributed by atoms with Crippen molar-refractivity contribution >= 4 is 11.8 Å². The Morgan fingerprint density at radius 1 is 1.00 bits per heavy atom. The maximum absolute atomic E-state index is 12.3. The number of pyridine rings is 1. The first-order valence-corrected chi connectivity index (χ1v) is 6.49. The summed E-state index contributed by atoms with van der Waals surface area (Å²) in [6, 6.07) is 1.64. The van der Waals surface area contributed by atoms with E-state index in [1.807, 2.05) is 20.8 Å². The van der Waals surface area contributed by atoms with Gasteiger partial charge >= 0.3 is 0 Å². The summed E-state index contributed by atoms with van der Waals surface area (Å²) in [5.74, 6) is -0.304. The Labute approximate surface area is 120 Å². The van der Waals surface area contributed by atoms with Crippen LogP contribution in [0.3, 0.4) is 0 Å². The van der Waals surface area contributed by atoms with Gasteiger partial charge in [-0.2, -0.15) is 0 Å². The summed E-state index contributed by atoms with van der Waals surface area (Å²) < 4.78 is 0. The molecule has 0 spiro atoms. The third-order valence-electron chi connectivity index (χ3n) is 2.89. The van der Waals surface area contributed by atoms with Crippen molar-refractivity contribution in [1.29, 1.82) is 0 Å². The Balaban J connectivity index is 3.44. The van der Waals surface area contributed by atoms with Gasteiger partial charge in [0.1, 0.15) is 0 Å². The monoisotopic (exact) mass is 277 g/mol. The molecular formula is C15H23N3O2. The number of carbonyl (C=O) groups excluding carboxylic acids is 2. The Morgan fingerprint density at radius 3 is 1.90 bits per heavy atom. The van der Waals surface area contributed by atoms with Gasteiger partial charge in [-0.25, -0.2) is 0 Å². The molecule has 0 bridgehead atoms. The molecule has 1 aromatic heterocycles. The second kappa shape index (κ2) is 5.61. The van der Waals surface area contributed by atoms with Crippen LogP contribution in [0.5, 0.6) is 0 Å². The normalized spacial score (nSPS) is 11.2. The standard InChI is InChI=1S/C15H23N3O2/c1-15(2,3)12-11(14(20)18(6)7)8-10(9-16-12)13(19)17(4)5/h8-9H,1-7H3. The Bertz CT molecular complexity index is 528. The Kier molecular flexibility index (Phi) is 4.53. The van der Waals surface area contributed by atoms with Gasteiger partial charge in [0.15, 0.2) is 0 Å². The number of aromatic nitrogens is 1. The van der Waals surface area contributed by atoms with Crippen LogP contribution in [0.15, 0.2) is 12.3 Å². The van der Waals surface area contributed by atoms with E-state index in [2.05, 4.69) is 4.98 Å². The Hall–Kier alpha value is -1.91. The van der Waals surface area contributed by atoms with Crippen LogP contribution < -0.4 is 0 Å². The number of hydrogen-bond acceptors (Lipinski definition) is 3. The van der Waals surface area contributed by atoms with Gasteiger partial charge in [0.25, 0.3) is 11.8 Å². The molecule has 0 atom stereocenters. The number of hydrogen-bond donors (Lipinski definition) is 0. The first-order valence-electron chi connectivity index (χ1n) is 6.49. The van der Waals surface area contributed by atoms with Gasteiger partial charge in [0.2, 0.25) is 0 Å². The lowest BCUT2D eigenvalue weighted by molar-refractivity contribution is 0.0823. The maximum atomic E-state index is 12.3. The molecule has 0 unspecified atom stereocenters. The topological polar surface area (TPSA) is 53.5 Å². The molecule has 5 nitrogen and oxygen atoms in total. The third-order valence-corrected chi connectivity index (χ3v) is 2.89. The van der Waals surface area contributed by atoms with Gasteiger partial charge in [0, 0.05) is 39.8 Å². The van der Waals surface area contributed by atoms with Crippen LogP contribution in [0.25, 0.3) is 0 Å². The molecule has 0 aliphatic carbocycles. The number of carbonyl (C=O) groups is 2. The molecule has 0 fully saturated rings. The van der Waals surface area contributed by atoms with Crippen LogP contribution in [0, 0.1) is 0 Å². The summed E-state index contributed by atoms with van der Waals surface area (Å²) >= 11 is 0. The number of amides is 2. The van der Waals surface area contributed by atoms with Crippen molar-refractivity contribution in [3.05, 3.63) is 29.1 Å². The lowest BCUT2D eigenvalue weighted by atomic mass is 9.87. The molecule has 0 saturated heterocycles. The zero-order valence-corrected chi connectivity index (χ0v) is 13.3. The van der Waals surface area contributed by atoms with E-state index in [1.165, 1.54) is 16.0 Å². The second-order valence-corrected chi connectivity index (χ2v) is 6.27. The zero-order chi connectivity index (χ0) is 15.7. The minimum Gasteiger partial charge on any atom is -0.345 e. The van der Waals surface area contributed by atoms with Gasteiger partial charge in [-0.05, 0) is 6.07 Å². The maximum Gasteiger partial charge on any atom is 0.255 e. The zero-order valence-electron chi connectivity index (χ0n) is 13.3. The molecular weight excluding hydrogens is 254 g/mol. The molecule has 110 valence electrons. The fraction of sp³-hybridized carbons (Fsp3) is 0.533. The summed E-state index contributed by atoms with van der Waals surface area (Å²) in [7, 11) is 6.73. The second-order valence-electron chi connectivity index (χ2n) is 6.27. The van der Waals surface area contributed by atoms with E-state index in [-0.39, 0.29) is 17.2 Å². The van der Waals surface area contributed by atoms with Crippen molar-refractivity contribution in [2.45, 2.75) is 26.2 Å². The summed E-state index contributed by atoms with van der Waals surface area (Å²) in [6.07, 6.45) is 1.54. The van der Waals surface area contributed by atoms with Crippen LogP contribution in [0.2, 0.25) is 0 Å². The van der Waals surface area contributed by atoms with E-state index in [0.29, 0.717) is 16.8 Å². The van der Waals surface area contributed by atoms with E-state index in [1.54, 1.807) is 34.3 Å². The molecule has 0 saturated carbocycles. The summed E-state index contributed by atoms with van der Waals surface area (Å²) in [5, 5.41) is 0. The van der Waals surface area contributed by atoms with Crippen molar-refractivity contribution in [2.75, 3.05) is 28.2 Å². The molecule has 0 aliphatic rings. The van der Waals surface area contributed by atoms with Crippen molar-refractivity contribution in [3.63, 3.8) is 0 Å². The molecule has 2 amide bonds. The van der Waals surface area contributed by atoms with Crippen LogP contribution >= 0.6 is 0 Å². The van der Waals surface area contributed by atoms with Crippen LogP contribution in [0.4, 0.5) is 0 Å². The summed E-state index contributed by atoms with van der Waals surface area (Å²) in [5.41, 5.74) is 1.34. The van der Waals surface area contributed by atoms with Crippen molar-refractivity contribution in [3.8, 4) is 0 Å². The van der Waals surface area contributed by atoms with Gasteiger partial charge < -0.3 is 9.80 Å². The molecule has 0 aromatic carbocycles. The first-order chi connectivity index (χ1) is 9.05. The largest absolute Gasteiger partial charge is 0.345 e. The summed E-state index contributed by atoms with van der Waals surface area (Å²) in [6.45, 7) is 5.99. The lowest BCUT2D eigenvalue weighted by Gasteiger charge is -2.23. The van der Waals surface area contributed by atoms with E-state index in [0.717, 1.165) is 0 Å². The van der Waals surface area contributed by atoms with Gasteiger partial charge in [0.05, 0.1) is 16.8 Å². The molecule has 0 radical (unpaired) electrons. The van der Waals surface area contributed by atoms with Crippen LogP contribution in [-0.4, -0.2) is 54.8 Å². The van der Waals surface area contributed by atoms with Crippen molar-refractivity contribution in [1.82, 2.24) is 14.8 Å². The highest BCUT2D eigenvalue weighted by Gasteiger charge is 2.26. The number of rotatable bonds is 2. The molecule has 1 rings (SSSR count). The smallest absolute Gasteiger partial charge is 0.255 e. The minimum atomic E-state index is -0.263. The average Bonchev–Trinajstić information content (AvgIpc) is 2.34. The minimum absolute atomic E-state index is 0.143. The molecule has 5 heteroatoms. The molecule has 1 heterocycles. The molecule has 1 aromatic rings. The highest BCUT2D eigenvalue weighted by molar-refractivity contribution is 6.00. The van der Waals surface area contributed by atoms with E-state index in [4.69, 9.17) is 0 Å². The van der Waals surface area contributed by atoms with E-state index in [9.17, 15) is 9.59 Å². The van der Waals surface area contributed by atoms with E-state index >= 15 is 0 Å². The van der Waals surface area contributed by atoms with Gasteiger partial charge in [-0.15, -0.1) is 0 Å². The predicted molar refractivity (Wildman–Crippen MR) is 79.0 cm³/mol. The van der Waals surface area contributed by atoms with Gasteiger partial charge in [-0.3, -0.25) is 14.6 Å². The molecule has 0 N–H and O–H groups in total. The molecule has 0 aliphatic heterocycles. The van der Waals surface area contributed by atoms with Gasteiger partial charge in [-0.1, -0.05) is 20.8 Å². The quantitative estimate of drug-likeness (QED) is 0.828. The Morgan fingerprint density at radius 2 is 1.50 bits per heavy atom. The predicted octanol–water partition coefficient (Wildman–Crippen LogP) is 1.78. The fourth-order valence-corrected chi connectivity index (χ4v) is 1.84. The highest BCUT2D eigenvalue weighted by atomic mass is 16.2. The average molecular weight is 277 g/mol. The van der Waals surface area contributed by atoms with Crippen LogP contribution in [0.1, 0.15) is 47.2 Å². The van der Waals surface area contributed by atoms with Crippen molar-refractivity contribution < 1.29 is 9.59 Å². The first kappa shape index (κ1) is 16.1. The highest BCUT2D eigenvalue weighted by Crippen LogP contribution is 2.25. The molecule has 20 heavy (non-hydrogen) atoms. The SMILES string of the molecule is CN(C)C(=O)c1cnc(C(C)(C)C)c(C(=O)N(C)C)c1. The van der Waals surface area contributed by atoms with E-state index < -0.39 is 0 Å². The summed E-state index contributed by atoms with van der Waals surface area (Å²) in [4.78, 5) is 31.7. The fourth-order valence-electron chi connectivity index (χ4n) is 1.84. The lowest BCUT2D eigenvalue weighted by Crippen LogP contribution is -2.29. The van der Waals surface area contributed by atoms with Crippen LogP contribution in [-0.2, 0) is 5.41 Å². The van der Waals surface area contributed by atoms with Crippen molar-refractivity contribution in [2.24, 2.45) is 0 Å².